The number of amides is 1. The third-order valence-electron chi connectivity index (χ3n) is 4.13. The second-order valence-electron chi connectivity index (χ2n) is 5.53. The lowest BCUT2D eigenvalue weighted by Crippen LogP contribution is -2.34. The van der Waals surface area contributed by atoms with E-state index in [1.54, 1.807) is 0 Å². The number of rotatable bonds is 4. The molecule has 2 aromatic rings. The molecule has 0 unspecified atom stereocenters. The molecule has 2 atom stereocenters. The molecular formula is C18H20N2O. The van der Waals surface area contributed by atoms with E-state index in [2.05, 4.69) is 12.1 Å². The van der Waals surface area contributed by atoms with Crippen LogP contribution in [-0.2, 0) is 4.79 Å². The van der Waals surface area contributed by atoms with Crippen LogP contribution in [0.25, 0.3) is 0 Å². The Labute approximate surface area is 125 Å². The number of nitrogens with two attached hydrogens (primary N) is 1. The summed E-state index contributed by atoms with van der Waals surface area (Å²) >= 11 is 0. The third kappa shape index (κ3) is 2.98. The molecule has 3 nitrogen and oxygen atoms in total. The van der Waals surface area contributed by atoms with Gasteiger partial charge in [-0.05, 0) is 17.5 Å². The fourth-order valence-electron chi connectivity index (χ4n) is 3.00. The van der Waals surface area contributed by atoms with Crippen molar-refractivity contribution in [3.63, 3.8) is 0 Å². The van der Waals surface area contributed by atoms with E-state index in [-0.39, 0.29) is 18.0 Å². The molecule has 21 heavy (non-hydrogen) atoms. The Morgan fingerprint density at radius 1 is 1.05 bits per heavy atom. The van der Waals surface area contributed by atoms with Crippen molar-refractivity contribution in [2.75, 3.05) is 6.54 Å². The van der Waals surface area contributed by atoms with Crippen LogP contribution in [0.1, 0.15) is 36.1 Å². The molecule has 1 aliphatic rings. The van der Waals surface area contributed by atoms with Crippen molar-refractivity contribution >= 4 is 5.91 Å². The monoisotopic (exact) mass is 280 g/mol. The van der Waals surface area contributed by atoms with Crippen LogP contribution in [0.3, 0.4) is 0 Å². The number of benzene rings is 2. The second-order valence-corrected chi connectivity index (χ2v) is 5.53. The first kappa shape index (κ1) is 13.8. The Morgan fingerprint density at radius 2 is 1.67 bits per heavy atom. The molecule has 1 saturated heterocycles. The van der Waals surface area contributed by atoms with Gasteiger partial charge in [-0.15, -0.1) is 0 Å². The number of carbonyl (C=O) groups is 1. The zero-order valence-corrected chi connectivity index (χ0v) is 12.0. The van der Waals surface area contributed by atoms with Crippen LogP contribution in [0.15, 0.2) is 60.7 Å². The van der Waals surface area contributed by atoms with E-state index in [4.69, 9.17) is 5.73 Å². The van der Waals surface area contributed by atoms with Gasteiger partial charge < -0.3 is 10.6 Å². The summed E-state index contributed by atoms with van der Waals surface area (Å²) in [5, 5.41) is 0. The molecule has 0 aliphatic carbocycles. The summed E-state index contributed by atoms with van der Waals surface area (Å²) in [4.78, 5) is 14.1. The van der Waals surface area contributed by atoms with E-state index in [0.717, 1.165) is 12.0 Å². The molecule has 1 aliphatic heterocycles. The lowest BCUT2D eigenvalue weighted by molar-refractivity contribution is -0.129. The number of hydrogen-bond acceptors (Lipinski definition) is 2. The summed E-state index contributed by atoms with van der Waals surface area (Å²) in [6.07, 6.45) is 1.49. The Balaban J connectivity index is 1.77. The Bertz CT molecular complexity index is 597. The molecule has 1 amide bonds. The molecule has 0 spiro atoms. The minimum absolute atomic E-state index is 0.139. The second kappa shape index (κ2) is 6.10. The van der Waals surface area contributed by atoms with Gasteiger partial charge in [0.2, 0.25) is 5.91 Å². The zero-order valence-electron chi connectivity index (χ0n) is 12.0. The Hall–Kier alpha value is -2.13. The number of hydrogen-bond donors (Lipinski definition) is 1. The predicted octanol–water partition coefficient (Wildman–Crippen LogP) is 3.05. The summed E-state index contributed by atoms with van der Waals surface area (Å²) < 4.78 is 0. The highest BCUT2D eigenvalue weighted by molar-refractivity contribution is 5.79. The van der Waals surface area contributed by atoms with Gasteiger partial charge in [-0.25, -0.2) is 0 Å². The van der Waals surface area contributed by atoms with Gasteiger partial charge in [0, 0.05) is 19.0 Å². The summed E-state index contributed by atoms with van der Waals surface area (Å²) in [7, 11) is 0. The smallest absolute Gasteiger partial charge is 0.223 e. The molecule has 2 N–H and O–H groups in total. The summed E-state index contributed by atoms with van der Waals surface area (Å²) in [6.45, 7) is 0.572. The largest absolute Gasteiger partial charge is 0.334 e. The van der Waals surface area contributed by atoms with Gasteiger partial charge in [0.15, 0.2) is 0 Å². The zero-order chi connectivity index (χ0) is 14.7. The molecule has 1 heterocycles. The average Bonchev–Trinajstić information content (AvgIpc) is 2.90. The molecule has 108 valence electrons. The van der Waals surface area contributed by atoms with Crippen LogP contribution in [0, 0.1) is 0 Å². The van der Waals surface area contributed by atoms with E-state index in [0.29, 0.717) is 13.0 Å². The van der Waals surface area contributed by atoms with Crippen molar-refractivity contribution in [3.8, 4) is 0 Å². The van der Waals surface area contributed by atoms with Crippen LogP contribution in [0.2, 0.25) is 0 Å². The standard InChI is InChI=1S/C18H20N2O/c19-16(14-7-3-1-4-8-14)13-20-17(11-12-18(20)21)15-9-5-2-6-10-15/h1-10,16-17H,11-13,19H2/t16-,17+/m1/s1. The number of likely N-dealkylation sites (tertiary alicyclic amines) is 1. The normalized spacial score (nSPS) is 19.8. The lowest BCUT2D eigenvalue weighted by atomic mass is 10.0. The molecule has 3 rings (SSSR count). The fourth-order valence-corrected chi connectivity index (χ4v) is 3.00. The van der Waals surface area contributed by atoms with Gasteiger partial charge in [0.25, 0.3) is 0 Å². The fraction of sp³-hybridized carbons (Fsp3) is 0.278. The van der Waals surface area contributed by atoms with Crippen molar-refractivity contribution in [2.45, 2.75) is 24.9 Å². The van der Waals surface area contributed by atoms with Gasteiger partial charge in [-0.2, -0.15) is 0 Å². The van der Waals surface area contributed by atoms with E-state index in [1.807, 2.05) is 53.4 Å². The van der Waals surface area contributed by atoms with Gasteiger partial charge in [0.05, 0.1) is 6.04 Å². The van der Waals surface area contributed by atoms with E-state index < -0.39 is 0 Å². The SMILES string of the molecule is N[C@H](CN1C(=O)CC[C@H]1c1ccccc1)c1ccccc1. The van der Waals surface area contributed by atoms with Gasteiger partial charge in [0.1, 0.15) is 0 Å². The maximum absolute atomic E-state index is 12.2. The summed E-state index contributed by atoms with van der Waals surface area (Å²) in [5.74, 6) is 0.204. The van der Waals surface area contributed by atoms with Crippen LogP contribution in [0.4, 0.5) is 0 Å². The summed E-state index contributed by atoms with van der Waals surface area (Å²) in [6, 6.07) is 20.2. The lowest BCUT2D eigenvalue weighted by Gasteiger charge is -2.28. The molecule has 1 fully saturated rings. The van der Waals surface area contributed by atoms with Crippen LogP contribution in [0.5, 0.6) is 0 Å². The van der Waals surface area contributed by atoms with Gasteiger partial charge in [-0.1, -0.05) is 60.7 Å². The Morgan fingerprint density at radius 3 is 2.33 bits per heavy atom. The van der Waals surface area contributed by atoms with E-state index >= 15 is 0 Å². The highest BCUT2D eigenvalue weighted by Crippen LogP contribution is 2.33. The topological polar surface area (TPSA) is 46.3 Å². The minimum atomic E-state index is -0.139. The molecule has 2 aromatic carbocycles. The quantitative estimate of drug-likeness (QED) is 0.935. The van der Waals surface area contributed by atoms with E-state index in [1.165, 1.54) is 5.56 Å². The maximum atomic E-state index is 12.2. The van der Waals surface area contributed by atoms with Crippen LogP contribution in [-0.4, -0.2) is 17.4 Å². The van der Waals surface area contributed by atoms with Crippen molar-refractivity contribution in [1.82, 2.24) is 4.90 Å². The highest BCUT2D eigenvalue weighted by Gasteiger charge is 2.32. The van der Waals surface area contributed by atoms with Crippen LogP contribution >= 0.6 is 0 Å². The first-order valence-electron chi connectivity index (χ1n) is 7.40. The minimum Gasteiger partial charge on any atom is -0.334 e. The number of carbonyl (C=O) groups excluding carboxylic acids is 1. The highest BCUT2D eigenvalue weighted by atomic mass is 16.2. The maximum Gasteiger partial charge on any atom is 0.223 e. The first-order chi connectivity index (χ1) is 10.3. The molecule has 0 radical (unpaired) electrons. The van der Waals surface area contributed by atoms with Crippen molar-refractivity contribution in [3.05, 3.63) is 71.8 Å². The molecule has 0 saturated carbocycles. The average molecular weight is 280 g/mol. The third-order valence-corrected chi connectivity index (χ3v) is 4.13. The molecular weight excluding hydrogens is 260 g/mol. The van der Waals surface area contributed by atoms with Crippen molar-refractivity contribution in [1.29, 1.82) is 0 Å². The van der Waals surface area contributed by atoms with Crippen LogP contribution < -0.4 is 5.73 Å². The predicted molar refractivity (Wildman–Crippen MR) is 83.5 cm³/mol. The van der Waals surface area contributed by atoms with Gasteiger partial charge >= 0.3 is 0 Å². The Kier molecular flexibility index (Phi) is 4.02. The number of nitrogens with zero attached hydrogens (tertiary/aromatic N) is 1. The molecule has 0 bridgehead atoms. The first-order valence-corrected chi connectivity index (χ1v) is 7.40. The van der Waals surface area contributed by atoms with Crippen molar-refractivity contribution in [2.24, 2.45) is 5.73 Å². The summed E-state index contributed by atoms with van der Waals surface area (Å²) in [5.41, 5.74) is 8.55. The van der Waals surface area contributed by atoms with Gasteiger partial charge in [-0.3, -0.25) is 4.79 Å². The molecule has 3 heteroatoms. The van der Waals surface area contributed by atoms with Crippen molar-refractivity contribution < 1.29 is 4.79 Å². The van der Waals surface area contributed by atoms with E-state index in [9.17, 15) is 4.79 Å². The molecule has 0 aromatic heterocycles.